The molecule has 0 aromatic carbocycles. The predicted octanol–water partition coefficient (Wildman–Crippen LogP) is 2.43. The van der Waals surface area contributed by atoms with E-state index in [0.717, 1.165) is 0 Å². The van der Waals surface area contributed by atoms with Crippen molar-refractivity contribution in [1.29, 1.82) is 0 Å². The molecule has 2 amide bonds. The Labute approximate surface area is 98.9 Å². The van der Waals surface area contributed by atoms with Crippen molar-refractivity contribution in [2.45, 2.75) is 46.1 Å². The zero-order chi connectivity index (χ0) is 13.6. The molecule has 0 aromatic rings. The zero-order valence-corrected chi connectivity index (χ0v) is 10.6. The van der Waals surface area contributed by atoms with Gasteiger partial charge in [0.05, 0.1) is 5.41 Å². The van der Waals surface area contributed by atoms with Crippen LogP contribution in [0.15, 0.2) is 0 Å². The molecule has 1 saturated heterocycles. The van der Waals surface area contributed by atoms with Crippen LogP contribution >= 0.6 is 0 Å². The summed E-state index contributed by atoms with van der Waals surface area (Å²) in [6.07, 6.45) is -1.02. The van der Waals surface area contributed by atoms with Gasteiger partial charge in [-0.25, -0.2) is 9.69 Å². The molecule has 1 aliphatic rings. The number of likely N-dealkylation sites (tertiary alicyclic amines) is 1. The Morgan fingerprint density at radius 1 is 1.35 bits per heavy atom. The second kappa shape index (κ2) is 3.65. The minimum atomic E-state index is -3.54. The van der Waals surface area contributed by atoms with Crippen molar-refractivity contribution >= 4 is 12.0 Å². The van der Waals surface area contributed by atoms with Crippen molar-refractivity contribution in [3.8, 4) is 0 Å². The van der Waals surface area contributed by atoms with E-state index in [1.54, 1.807) is 20.8 Å². The van der Waals surface area contributed by atoms with Crippen LogP contribution < -0.4 is 0 Å². The normalized spacial score (nSPS) is 22.8. The minimum Gasteiger partial charge on any atom is -0.443 e. The van der Waals surface area contributed by atoms with E-state index >= 15 is 0 Å². The summed E-state index contributed by atoms with van der Waals surface area (Å²) >= 11 is 0. The molecule has 0 aliphatic carbocycles. The lowest BCUT2D eigenvalue weighted by Crippen LogP contribution is -2.41. The number of imide groups is 1. The molecule has 0 unspecified atom stereocenters. The number of amides is 2. The van der Waals surface area contributed by atoms with Crippen LogP contribution in [0.2, 0.25) is 0 Å². The van der Waals surface area contributed by atoms with Crippen LogP contribution in [0.4, 0.5) is 13.6 Å². The van der Waals surface area contributed by atoms with E-state index in [2.05, 4.69) is 0 Å². The van der Waals surface area contributed by atoms with Gasteiger partial charge < -0.3 is 4.74 Å². The van der Waals surface area contributed by atoms with Crippen molar-refractivity contribution in [1.82, 2.24) is 4.90 Å². The summed E-state index contributed by atoms with van der Waals surface area (Å²) in [5.74, 6) is -5.03. The first-order valence-electron chi connectivity index (χ1n) is 5.31. The van der Waals surface area contributed by atoms with Crippen LogP contribution in [0.1, 0.15) is 34.6 Å². The van der Waals surface area contributed by atoms with Gasteiger partial charge in [0, 0.05) is 6.54 Å². The van der Waals surface area contributed by atoms with Gasteiger partial charge in [-0.2, -0.15) is 8.78 Å². The summed E-state index contributed by atoms with van der Waals surface area (Å²) in [5.41, 5.74) is -2.39. The molecular weight excluding hydrogens is 232 g/mol. The summed E-state index contributed by atoms with van der Waals surface area (Å²) < 4.78 is 32.0. The van der Waals surface area contributed by atoms with E-state index in [1.165, 1.54) is 13.8 Å². The van der Waals surface area contributed by atoms with Gasteiger partial charge in [-0.1, -0.05) is 13.8 Å². The Bertz CT molecular complexity index is 358. The molecule has 0 N–H and O–H groups in total. The van der Waals surface area contributed by atoms with Crippen LogP contribution in [-0.2, 0) is 9.53 Å². The Balaban J connectivity index is 2.90. The second-order valence-electron chi connectivity index (χ2n) is 5.83. The van der Waals surface area contributed by atoms with Crippen molar-refractivity contribution in [3.05, 3.63) is 0 Å². The highest BCUT2D eigenvalue weighted by atomic mass is 19.3. The topological polar surface area (TPSA) is 46.6 Å². The highest BCUT2D eigenvalue weighted by molar-refractivity contribution is 5.98. The number of ether oxygens (including phenoxy) is 1. The molecule has 0 bridgehead atoms. The van der Waals surface area contributed by atoms with Gasteiger partial charge in [0.15, 0.2) is 0 Å². The number of carbonyl (C=O) groups excluding carboxylic acids is 2. The average Bonchev–Trinajstić information content (AvgIpc) is 2.23. The van der Waals surface area contributed by atoms with Gasteiger partial charge in [-0.3, -0.25) is 4.79 Å². The molecule has 1 heterocycles. The second-order valence-corrected chi connectivity index (χ2v) is 5.83. The SMILES string of the molecule is CC(C)(C)OC(=O)N1CC(C)(C)C(F)(F)C1=O. The van der Waals surface area contributed by atoms with Crippen LogP contribution in [0, 0.1) is 5.41 Å². The molecule has 0 atom stereocenters. The first kappa shape index (κ1) is 13.9. The molecule has 0 radical (unpaired) electrons. The third-order valence-electron chi connectivity index (χ3n) is 2.53. The Kier molecular flexibility index (Phi) is 2.97. The number of rotatable bonds is 0. The van der Waals surface area contributed by atoms with E-state index in [4.69, 9.17) is 4.74 Å². The lowest BCUT2D eigenvalue weighted by Gasteiger charge is -2.23. The summed E-state index contributed by atoms with van der Waals surface area (Å²) in [4.78, 5) is 23.5. The van der Waals surface area contributed by atoms with Crippen LogP contribution in [0.25, 0.3) is 0 Å². The average molecular weight is 249 g/mol. The van der Waals surface area contributed by atoms with E-state index in [1.807, 2.05) is 0 Å². The summed E-state index contributed by atoms with van der Waals surface area (Å²) in [7, 11) is 0. The predicted molar refractivity (Wildman–Crippen MR) is 56.7 cm³/mol. The van der Waals surface area contributed by atoms with Crippen molar-refractivity contribution in [2.24, 2.45) is 5.41 Å². The van der Waals surface area contributed by atoms with Gasteiger partial charge in [-0.05, 0) is 20.8 Å². The quantitative estimate of drug-likeness (QED) is 0.662. The summed E-state index contributed by atoms with van der Waals surface area (Å²) in [6, 6.07) is 0. The van der Waals surface area contributed by atoms with E-state index < -0.39 is 28.9 Å². The molecule has 1 aliphatic heterocycles. The van der Waals surface area contributed by atoms with Crippen molar-refractivity contribution in [3.63, 3.8) is 0 Å². The van der Waals surface area contributed by atoms with Crippen LogP contribution in [0.5, 0.6) is 0 Å². The van der Waals surface area contributed by atoms with Gasteiger partial charge >= 0.3 is 17.9 Å². The number of carbonyl (C=O) groups is 2. The largest absolute Gasteiger partial charge is 0.443 e. The first-order valence-corrected chi connectivity index (χ1v) is 5.31. The fourth-order valence-electron chi connectivity index (χ4n) is 1.49. The fourth-order valence-corrected chi connectivity index (χ4v) is 1.49. The molecule has 6 heteroatoms. The standard InChI is InChI=1S/C11H17F2NO3/c1-9(2,3)17-8(16)14-6-10(4,5)11(12,13)7(14)15/h6H2,1-5H3. The number of alkyl halides is 2. The van der Waals surface area contributed by atoms with Crippen LogP contribution in [0.3, 0.4) is 0 Å². The number of hydrogen-bond acceptors (Lipinski definition) is 3. The molecule has 1 rings (SSSR count). The lowest BCUT2D eigenvalue weighted by atomic mass is 9.89. The smallest absolute Gasteiger partial charge is 0.417 e. The highest BCUT2D eigenvalue weighted by Gasteiger charge is 2.63. The fraction of sp³-hybridized carbons (Fsp3) is 0.818. The maximum absolute atomic E-state index is 13.6. The highest BCUT2D eigenvalue weighted by Crippen LogP contribution is 2.44. The molecule has 1 fully saturated rings. The van der Waals surface area contributed by atoms with Gasteiger partial charge in [0.1, 0.15) is 5.60 Å². The summed E-state index contributed by atoms with van der Waals surface area (Å²) in [6.45, 7) is 6.97. The van der Waals surface area contributed by atoms with E-state index in [9.17, 15) is 18.4 Å². The third kappa shape index (κ3) is 2.40. The number of halogens is 2. The molecule has 0 aromatic heterocycles. The first-order chi connectivity index (χ1) is 7.38. The maximum atomic E-state index is 13.6. The Morgan fingerprint density at radius 3 is 2.12 bits per heavy atom. The molecule has 4 nitrogen and oxygen atoms in total. The molecule has 0 saturated carbocycles. The van der Waals surface area contributed by atoms with Crippen molar-refractivity contribution in [2.75, 3.05) is 6.54 Å². The zero-order valence-electron chi connectivity index (χ0n) is 10.6. The Hall–Kier alpha value is -1.20. The maximum Gasteiger partial charge on any atom is 0.417 e. The van der Waals surface area contributed by atoms with Crippen LogP contribution in [-0.4, -0.2) is 35.0 Å². The third-order valence-corrected chi connectivity index (χ3v) is 2.53. The Morgan fingerprint density at radius 2 is 1.82 bits per heavy atom. The van der Waals surface area contributed by atoms with Gasteiger partial charge in [0.2, 0.25) is 0 Å². The van der Waals surface area contributed by atoms with E-state index in [0.29, 0.717) is 4.90 Å². The monoisotopic (exact) mass is 249 g/mol. The lowest BCUT2D eigenvalue weighted by molar-refractivity contribution is -0.155. The van der Waals surface area contributed by atoms with Gasteiger partial charge in [0.25, 0.3) is 0 Å². The van der Waals surface area contributed by atoms with Gasteiger partial charge in [-0.15, -0.1) is 0 Å². The minimum absolute atomic E-state index is 0.340. The summed E-state index contributed by atoms with van der Waals surface area (Å²) in [5, 5.41) is 0. The molecule has 98 valence electrons. The van der Waals surface area contributed by atoms with Crippen molar-refractivity contribution < 1.29 is 23.1 Å². The molecule has 17 heavy (non-hydrogen) atoms. The van der Waals surface area contributed by atoms with E-state index in [-0.39, 0.29) is 6.54 Å². The molecule has 0 spiro atoms. The molecular formula is C11H17F2NO3. The number of nitrogens with zero attached hydrogens (tertiary/aromatic N) is 1. The number of hydrogen-bond donors (Lipinski definition) is 0.